The molecule has 1 aliphatic carbocycles. The Morgan fingerprint density at radius 3 is 2.42 bits per heavy atom. The van der Waals surface area contributed by atoms with Crippen LogP contribution in [0.3, 0.4) is 0 Å². The van der Waals surface area contributed by atoms with Crippen LogP contribution >= 0.6 is 11.3 Å². The molecule has 26 heavy (non-hydrogen) atoms. The van der Waals surface area contributed by atoms with Gasteiger partial charge in [-0.25, -0.2) is 9.59 Å². The molecule has 1 fully saturated rings. The second-order valence-corrected chi connectivity index (χ2v) is 7.41. The molecule has 8 nitrogen and oxygen atoms in total. The molecule has 0 aromatic carbocycles. The van der Waals surface area contributed by atoms with Crippen LogP contribution in [-0.4, -0.2) is 32.8 Å². The smallest absolute Gasteiger partial charge is 0.346 e. The van der Waals surface area contributed by atoms with Crippen LogP contribution in [0.1, 0.15) is 48.3 Å². The van der Waals surface area contributed by atoms with E-state index < -0.39 is 28.7 Å². The molecule has 1 saturated carbocycles. The number of nitrogens with zero attached hydrogens (tertiary/aromatic N) is 2. The molecule has 0 bridgehead atoms. The number of aromatic carboxylic acids is 1. The van der Waals surface area contributed by atoms with Crippen molar-refractivity contribution in [3.63, 3.8) is 0 Å². The highest BCUT2D eigenvalue weighted by Crippen LogP contribution is 2.45. The van der Waals surface area contributed by atoms with Crippen molar-refractivity contribution in [2.24, 2.45) is 0 Å². The van der Waals surface area contributed by atoms with E-state index in [1.165, 1.54) is 4.57 Å². The van der Waals surface area contributed by atoms with Gasteiger partial charge in [0.05, 0.1) is 24.0 Å². The van der Waals surface area contributed by atoms with Crippen LogP contribution < -0.4 is 11.2 Å². The fraction of sp³-hybridized carbons (Fsp3) is 0.529. The Bertz CT molecular complexity index is 1020. The first kappa shape index (κ1) is 18.4. The van der Waals surface area contributed by atoms with Gasteiger partial charge in [-0.1, -0.05) is 0 Å². The summed E-state index contributed by atoms with van der Waals surface area (Å²) in [6, 6.07) is 0. The Labute approximate surface area is 152 Å². The van der Waals surface area contributed by atoms with Crippen molar-refractivity contribution in [3.05, 3.63) is 31.3 Å². The van der Waals surface area contributed by atoms with Crippen molar-refractivity contribution in [2.45, 2.75) is 52.1 Å². The molecule has 0 saturated heterocycles. The second kappa shape index (κ2) is 6.39. The molecule has 0 spiro atoms. The van der Waals surface area contributed by atoms with Gasteiger partial charge in [0, 0.05) is 6.54 Å². The van der Waals surface area contributed by atoms with Gasteiger partial charge in [-0.15, -0.1) is 11.3 Å². The summed E-state index contributed by atoms with van der Waals surface area (Å²) >= 11 is 0.932. The van der Waals surface area contributed by atoms with Crippen LogP contribution in [-0.2, 0) is 21.6 Å². The zero-order chi connectivity index (χ0) is 19.2. The number of hydrogen-bond acceptors (Lipinski definition) is 6. The molecule has 140 valence electrons. The molecule has 3 rings (SSSR count). The highest BCUT2D eigenvalue weighted by Gasteiger charge is 2.49. The van der Waals surface area contributed by atoms with Crippen LogP contribution in [0.25, 0.3) is 10.2 Å². The Morgan fingerprint density at radius 2 is 1.92 bits per heavy atom. The number of aryl methyl sites for hydroxylation is 2. The number of fused-ring (bicyclic) bond motifs is 1. The fourth-order valence-electron chi connectivity index (χ4n) is 3.35. The summed E-state index contributed by atoms with van der Waals surface area (Å²) in [6.45, 7) is 5.55. The monoisotopic (exact) mass is 380 g/mol. The molecular formula is C17H20N2O6S. The molecule has 0 radical (unpaired) electrons. The Hall–Kier alpha value is -2.42. The van der Waals surface area contributed by atoms with Crippen LogP contribution in [0.2, 0.25) is 0 Å². The largest absolute Gasteiger partial charge is 0.477 e. The maximum absolute atomic E-state index is 13.1. The molecule has 2 heterocycles. The summed E-state index contributed by atoms with van der Waals surface area (Å²) in [5.74, 6) is -1.58. The quantitative estimate of drug-likeness (QED) is 0.764. The van der Waals surface area contributed by atoms with Crippen LogP contribution in [0.4, 0.5) is 0 Å². The van der Waals surface area contributed by atoms with Gasteiger partial charge in [0.2, 0.25) is 0 Å². The number of rotatable bonds is 6. The molecule has 0 unspecified atom stereocenters. The van der Waals surface area contributed by atoms with Crippen molar-refractivity contribution >= 4 is 33.5 Å². The highest BCUT2D eigenvalue weighted by atomic mass is 32.1. The van der Waals surface area contributed by atoms with E-state index in [1.807, 2.05) is 0 Å². The fourth-order valence-corrected chi connectivity index (χ4v) is 4.55. The van der Waals surface area contributed by atoms with E-state index in [4.69, 9.17) is 4.74 Å². The first-order valence-corrected chi connectivity index (χ1v) is 9.27. The van der Waals surface area contributed by atoms with Crippen LogP contribution in [0, 0.1) is 6.92 Å². The molecule has 9 heteroatoms. The lowest BCUT2D eigenvalue weighted by Crippen LogP contribution is -2.46. The molecule has 0 atom stereocenters. The van der Waals surface area contributed by atoms with Crippen LogP contribution in [0.5, 0.6) is 0 Å². The Morgan fingerprint density at radius 1 is 1.27 bits per heavy atom. The lowest BCUT2D eigenvalue weighted by molar-refractivity contribution is -0.144. The predicted molar refractivity (Wildman–Crippen MR) is 96.2 cm³/mol. The number of ether oxygens (including phenoxy) is 1. The summed E-state index contributed by atoms with van der Waals surface area (Å²) in [7, 11) is 0. The Balaban J connectivity index is 2.29. The van der Waals surface area contributed by atoms with E-state index in [2.05, 4.69) is 0 Å². The minimum atomic E-state index is -1.13. The van der Waals surface area contributed by atoms with Gasteiger partial charge >= 0.3 is 17.6 Å². The number of carboxylic acids is 1. The molecule has 1 aliphatic rings. The SMILES string of the molecule is CCOC(=O)CC1(n2c(=O)c3c(C)c(C(=O)O)sc3n(CC)c2=O)CC1. The number of carbonyl (C=O) groups excluding carboxylic acids is 1. The minimum Gasteiger partial charge on any atom is -0.477 e. The van der Waals surface area contributed by atoms with E-state index in [1.54, 1.807) is 20.8 Å². The van der Waals surface area contributed by atoms with Gasteiger partial charge in [0.25, 0.3) is 5.56 Å². The van der Waals surface area contributed by atoms with Crippen molar-refractivity contribution < 1.29 is 19.4 Å². The lowest BCUT2D eigenvalue weighted by Gasteiger charge is -2.19. The first-order valence-electron chi connectivity index (χ1n) is 8.45. The summed E-state index contributed by atoms with van der Waals surface area (Å²) in [5.41, 5.74) is -1.56. The van der Waals surface area contributed by atoms with Crippen molar-refractivity contribution in [1.82, 2.24) is 9.13 Å². The topological polar surface area (TPSA) is 108 Å². The van der Waals surface area contributed by atoms with Crippen molar-refractivity contribution in [2.75, 3.05) is 6.61 Å². The third kappa shape index (κ3) is 2.66. The molecule has 0 aliphatic heterocycles. The average Bonchev–Trinajstić information content (AvgIpc) is 3.22. The number of esters is 1. The maximum Gasteiger partial charge on any atom is 0.346 e. The second-order valence-electron chi connectivity index (χ2n) is 6.42. The van der Waals surface area contributed by atoms with E-state index in [-0.39, 0.29) is 23.3 Å². The number of thiophene rings is 1. The van der Waals surface area contributed by atoms with Gasteiger partial charge in [-0.05, 0) is 39.2 Å². The maximum atomic E-state index is 13.1. The molecule has 2 aromatic rings. The van der Waals surface area contributed by atoms with E-state index in [0.29, 0.717) is 29.8 Å². The minimum absolute atomic E-state index is 0.0415. The van der Waals surface area contributed by atoms with Gasteiger partial charge in [-0.3, -0.25) is 18.7 Å². The molecule has 1 N–H and O–H groups in total. The van der Waals surface area contributed by atoms with E-state index >= 15 is 0 Å². The standard InChI is InChI=1S/C17H20N2O6S/c1-4-18-14-11(9(3)12(26-14)15(22)23)13(21)19(16(18)24)17(6-7-17)8-10(20)25-5-2/h4-8H2,1-3H3,(H,22,23). The third-order valence-corrected chi connectivity index (χ3v) is 6.11. The van der Waals surface area contributed by atoms with Crippen LogP contribution in [0.15, 0.2) is 9.59 Å². The van der Waals surface area contributed by atoms with Gasteiger partial charge < -0.3 is 9.84 Å². The van der Waals surface area contributed by atoms with Crippen molar-refractivity contribution in [3.8, 4) is 0 Å². The zero-order valence-corrected chi connectivity index (χ0v) is 15.6. The summed E-state index contributed by atoms with van der Waals surface area (Å²) in [4.78, 5) is 49.9. The van der Waals surface area contributed by atoms with E-state index in [9.17, 15) is 24.3 Å². The zero-order valence-electron chi connectivity index (χ0n) is 14.8. The molecular weight excluding hydrogens is 360 g/mol. The first-order chi connectivity index (χ1) is 12.3. The van der Waals surface area contributed by atoms with Gasteiger partial charge in [-0.2, -0.15) is 0 Å². The highest BCUT2D eigenvalue weighted by molar-refractivity contribution is 7.20. The summed E-state index contributed by atoms with van der Waals surface area (Å²) in [5, 5.41) is 9.60. The average molecular weight is 380 g/mol. The number of aromatic nitrogens is 2. The predicted octanol–water partition coefficient (Wildman–Crippen LogP) is 1.69. The molecule has 2 aromatic heterocycles. The Kier molecular flexibility index (Phi) is 4.51. The summed E-state index contributed by atoms with van der Waals surface area (Å²) in [6.07, 6.45) is 1.02. The van der Waals surface area contributed by atoms with Crippen molar-refractivity contribution in [1.29, 1.82) is 0 Å². The number of hydrogen-bond donors (Lipinski definition) is 1. The number of carbonyl (C=O) groups is 2. The molecule has 0 amide bonds. The number of carboxylic acid groups (broad SMARTS) is 1. The van der Waals surface area contributed by atoms with Gasteiger partial charge in [0.15, 0.2) is 0 Å². The third-order valence-electron chi connectivity index (χ3n) is 4.80. The normalized spacial score (nSPS) is 15.2. The van der Waals surface area contributed by atoms with Gasteiger partial charge in [0.1, 0.15) is 9.71 Å². The van der Waals surface area contributed by atoms with E-state index in [0.717, 1.165) is 15.9 Å². The summed E-state index contributed by atoms with van der Waals surface area (Å²) < 4.78 is 7.53. The lowest BCUT2D eigenvalue weighted by atomic mass is 10.1.